The number of nitrogens with one attached hydrogen (secondary N) is 1. The van der Waals surface area contributed by atoms with Crippen LogP contribution in [0.5, 0.6) is 0 Å². The van der Waals surface area contributed by atoms with Gasteiger partial charge in [-0.1, -0.05) is 46.1 Å². The Morgan fingerprint density at radius 1 is 1.20 bits per heavy atom. The summed E-state index contributed by atoms with van der Waals surface area (Å²) in [4.78, 5) is 1.17. The first-order chi connectivity index (χ1) is 9.51. The lowest BCUT2D eigenvalue weighted by molar-refractivity contribution is 0.605. The molecule has 1 nitrogen and oxygen atoms in total. The molecule has 1 N–H and O–H groups in total. The fourth-order valence-electron chi connectivity index (χ4n) is 1.92. The molecule has 0 fully saturated rings. The second-order valence-corrected chi connectivity index (χ2v) is 8.25. The van der Waals surface area contributed by atoms with Gasteiger partial charge in [0.05, 0.1) is 6.04 Å². The Balaban J connectivity index is 2.40. The van der Waals surface area contributed by atoms with Crippen molar-refractivity contribution < 1.29 is 0 Å². The lowest BCUT2D eigenvalue weighted by Gasteiger charge is -2.18. The van der Waals surface area contributed by atoms with Gasteiger partial charge in [-0.2, -0.15) is 0 Å². The molecule has 1 heterocycles. The van der Waals surface area contributed by atoms with Crippen LogP contribution in [-0.4, -0.2) is 6.54 Å². The third-order valence-electron chi connectivity index (χ3n) is 2.77. The van der Waals surface area contributed by atoms with Crippen molar-refractivity contribution >= 4 is 66.4 Å². The summed E-state index contributed by atoms with van der Waals surface area (Å²) in [7, 11) is 0. The van der Waals surface area contributed by atoms with Crippen LogP contribution in [0.3, 0.4) is 0 Å². The molecule has 0 aliphatic carbocycles. The predicted molar refractivity (Wildman–Crippen MR) is 96.3 cm³/mol. The molecular weight excluding hydrogens is 445 g/mol. The standard InChI is InChI=1S/C14H13Br2Cl2NS/c1-2-3-19-13(12-7-11(16)14(18)20-12)8-4-9(15)6-10(17)5-8/h4-7,13,19H,2-3H2,1H3. The molecular formula is C14H13Br2Cl2NS. The maximum Gasteiger partial charge on any atom is 0.107 e. The average Bonchev–Trinajstić information content (AvgIpc) is 2.69. The first kappa shape index (κ1) is 16.8. The first-order valence-corrected chi connectivity index (χ1v) is 9.31. The van der Waals surface area contributed by atoms with Crippen LogP contribution in [0.25, 0.3) is 0 Å². The highest BCUT2D eigenvalue weighted by Gasteiger charge is 2.18. The maximum absolute atomic E-state index is 6.17. The Bertz CT molecular complexity index is 561. The highest BCUT2D eigenvalue weighted by molar-refractivity contribution is 9.10. The normalized spacial score (nSPS) is 12.7. The second-order valence-electron chi connectivity index (χ2n) is 4.36. The van der Waals surface area contributed by atoms with Crippen molar-refractivity contribution in [1.82, 2.24) is 5.32 Å². The van der Waals surface area contributed by atoms with Gasteiger partial charge in [0, 0.05) is 18.8 Å². The highest BCUT2D eigenvalue weighted by Crippen LogP contribution is 2.38. The van der Waals surface area contributed by atoms with Gasteiger partial charge >= 0.3 is 0 Å². The molecule has 1 aromatic heterocycles. The van der Waals surface area contributed by atoms with Gasteiger partial charge in [-0.25, -0.2) is 0 Å². The minimum atomic E-state index is 0.0961. The fourth-order valence-corrected chi connectivity index (χ4v) is 4.65. The Morgan fingerprint density at radius 2 is 1.95 bits per heavy atom. The van der Waals surface area contributed by atoms with Crippen LogP contribution in [-0.2, 0) is 0 Å². The molecule has 0 aliphatic heterocycles. The Morgan fingerprint density at radius 3 is 2.50 bits per heavy atom. The van der Waals surface area contributed by atoms with E-state index in [2.05, 4.69) is 56.2 Å². The molecule has 0 aliphatic rings. The van der Waals surface area contributed by atoms with Crippen molar-refractivity contribution in [1.29, 1.82) is 0 Å². The summed E-state index contributed by atoms with van der Waals surface area (Å²) in [6.07, 6.45) is 1.07. The SMILES string of the molecule is CCCNC(c1cc(Cl)cc(Br)c1)c1cc(Br)c(Cl)s1. The summed E-state index contributed by atoms with van der Waals surface area (Å²) >= 11 is 20.9. The van der Waals surface area contributed by atoms with E-state index in [1.165, 1.54) is 4.88 Å². The smallest absolute Gasteiger partial charge is 0.107 e. The number of hydrogen-bond donors (Lipinski definition) is 1. The zero-order chi connectivity index (χ0) is 14.7. The minimum absolute atomic E-state index is 0.0961. The van der Waals surface area contributed by atoms with Gasteiger partial charge < -0.3 is 5.32 Å². The number of halogens is 4. The monoisotopic (exact) mass is 455 g/mol. The van der Waals surface area contributed by atoms with Crippen molar-refractivity contribution in [3.63, 3.8) is 0 Å². The molecule has 0 saturated heterocycles. The first-order valence-electron chi connectivity index (χ1n) is 6.15. The van der Waals surface area contributed by atoms with E-state index in [0.717, 1.165) is 36.8 Å². The van der Waals surface area contributed by atoms with Crippen molar-refractivity contribution in [2.24, 2.45) is 0 Å². The quantitative estimate of drug-likeness (QED) is 0.528. The molecule has 0 radical (unpaired) electrons. The number of hydrogen-bond acceptors (Lipinski definition) is 2. The van der Waals surface area contributed by atoms with E-state index in [4.69, 9.17) is 23.2 Å². The van der Waals surface area contributed by atoms with E-state index in [-0.39, 0.29) is 6.04 Å². The molecule has 1 unspecified atom stereocenters. The lowest BCUT2D eigenvalue weighted by atomic mass is 10.1. The third kappa shape index (κ3) is 4.21. The van der Waals surface area contributed by atoms with E-state index < -0.39 is 0 Å². The topological polar surface area (TPSA) is 12.0 Å². The van der Waals surface area contributed by atoms with Gasteiger partial charge in [0.15, 0.2) is 0 Å². The van der Waals surface area contributed by atoms with Gasteiger partial charge in [-0.15, -0.1) is 11.3 Å². The summed E-state index contributed by atoms with van der Waals surface area (Å²) in [5, 5.41) is 4.27. The van der Waals surface area contributed by atoms with Crippen molar-refractivity contribution in [3.8, 4) is 0 Å². The van der Waals surface area contributed by atoms with Gasteiger partial charge in [0.25, 0.3) is 0 Å². The van der Waals surface area contributed by atoms with Crippen LogP contribution in [0.4, 0.5) is 0 Å². The number of rotatable bonds is 5. The highest BCUT2D eigenvalue weighted by atomic mass is 79.9. The summed E-state index contributed by atoms with van der Waals surface area (Å²) < 4.78 is 2.68. The summed E-state index contributed by atoms with van der Waals surface area (Å²) in [5.74, 6) is 0. The third-order valence-corrected chi connectivity index (χ3v) is 5.98. The van der Waals surface area contributed by atoms with Crippen LogP contribution in [0.15, 0.2) is 33.2 Å². The second kappa shape index (κ2) is 7.61. The van der Waals surface area contributed by atoms with Gasteiger partial charge in [-0.05, 0) is 58.7 Å². The van der Waals surface area contributed by atoms with E-state index in [9.17, 15) is 0 Å². The Hall–Kier alpha value is 0.420. The maximum atomic E-state index is 6.17. The molecule has 108 valence electrons. The summed E-state index contributed by atoms with van der Waals surface area (Å²) in [6.45, 7) is 3.08. The number of benzene rings is 1. The molecule has 0 amide bonds. The molecule has 2 aromatic rings. The Labute approximate surface area is 149 Å². The molecule has 2 rings (SSSR count). The van der Waals surface area contributed by atoms with Crippen molar-refractivity contribution in [2.75, 3.05) is 6.54 Å². The van der Waals surface area contributed by atoms with Crippen LogP contribution < -0.4 is 5.32 Å². The average molecular weight is 458 g/mol. The molecule has 20 heavy (non-hydrogen) atoms. The molecule has 0 bridgehead atoms. The summed E-state index contributed by atoms with van der Waals surface area (Å²) in [6, 6.07) is 8.12. The van der Waals surface area contributed by atoms with Crippen LogP contribution in [0, 0.1) is 0 Å². The van der Waals surface area contributed by atoms with E-state index in [0.29, 0.717) is 0 Å². The van der Waals surface area contributed by atoms with Crippen molar-refractivity contribution in [2.45, 2.75) is 19.4 Å². The molecule has 1 atom stereocenters. The molecule has 1 aromatic carbocycles. The molecule has 6 heteroatoms. The van der Waals surface area contributed by atoms with E-state index >= 15 is 0 Å². The largest absolute Gasteiger partial charge is 0.306 e. The van der Waals surface area contributed by atoms with Crippen LogP contribution >= 0.6 is 66.4 Å². The zero-order valence-corrected chi connectivity index (χ0v) is 16.2. The summed E-state index contributed by atoms with van der Waals surface area (Å²) in [5.41, 5.74) is 1.13. The van der Waals surface area contributed by atoms with Gasteiger partial charge in [0.2, 0.25) is 0 Å². The predicted octanol–water partition coefficient (Wildman–Crippen LogP) is 6.67. The van der Waals surface area contributed by atoms with E-state index in [1.807, 2.05) is 12.1 Å². The number of thiophene rings is 1. The van der Waals surface area contributed by atoms with Crippen molar-refractivity contribution in [3.05, 3.63) is 53.0 Å². The molecule has 0 saturated carbocycles. The zero-order valence-electron chi connectivity index (χ0n) is 10.7. The Kier molecular flexibility index (Phi) is 6.39. The van der Waals surface area contributed by atoms with Gasteiger partial charge in [-0.3, -0.25) is 0 Å². The molecule has 0 spiro atoms. The van der Waals surface area contributed by atoms with Crippen LogP contribution in [0.2, 0.25) is 9.36 Å². The van der Waals surface area contributed by atoms with Gasteiger partial charge in [0.1, 0.15) is 4.34 Å². The van der Waals surface area contributed by atoms with Crippen LogP contribution in [0.1, 0.15) is 29.8 Å². The van der Waals surface area contributed by atoms with E-state index in [1.54, 1.807) is 11.3 Å². The lowest BCUT2D eigenvalue weighted by Crippen LogP contribution is -2.22. The fraction of sp³-hybridized carbons (Fsp3) is 0.286. The minimum Gasteiger partial charge on any atom is -0.306 e.